The largest absolute Gasteiger partial charge is 0.468 e. The summed E-state index contributed by atoms with van der Waals surface area (Å²) in [5.41, 5.74) is 0. The van der Waals surface area contributed by atoms with E-state index in [1.54, 1.807) is 13.8 Å². The number of methoxy groups -OCH3 is 2. The lowest BCUT2D eigenvalue weighted by molar-refractivity contribution is -0.160. The molecule has 0 amide bonds. The van der Waals surface area contributed by atoms with E-state index < -0.39 is 22.7 Å². The van der Waals surface area contributed by atoms with E-state index in [9.17, 15) is 9.59 Å². The smallest absolute Gasteiger partial charge is 0.321 e. The highest BCUT2D eigenvalue weighted by molar-refractivity contribution is 6.27. The Labute approximate surface area is 82.1 Å². The van der Waals surface area contributed by atoms with Crippen molar-refractivity contribution in [2.75, 3.05) is 14.2 Å². The summed E-state index contributed by atoms with van der Waals surface area (Å²) in [6.07, 6.45) is 0. The molecule has 0 saturated heterocycles. The number of alkyl halides is 1. The van der Waals surface area contributed by atoms with Crippen LogP contribution in [0.4, 0.5) is 0 Å². The first kappa shape index (κ1) is 12.2. The maximum Gasteiger partial charge on any atom is 0.321 e. The van der Waals surface area contributed by atoms with E-state index in [0.717, 1.165) is 0 Å². The van der Waals surface area contributed by atoms with Gasteiger partial charge in [-0.25, -0.2) is 0 Å². The van der Waals surface area contributed by atoms with Crippen LogP contribution in [0.1, 0.15) is 13.8 Å². The zero-order valence-corrected chi connectivity index (χ0v) is 8.84. The molecule has 4 nitrogen and oxygen atoms in total. The third-order valence-corrected chi connectivity index (χ3v) is 1.78. The van der Waals surface area contributed by atoms with Crippen LogP contribution in [-0.4, -0.2) is 31.0 Å². The average molecular weight is 209 g/mol. The molecule has 0 aromatic carbocycles. The Kier molecular flexibility index (Phi) is 4.20. The van der Waals surface area contributed by atoms with Crippen molar-refractivity contribution in [3.8, 4) is 0 Å². The maximum atomic E-state index is 11.2. The van der Waals surface area contributed by atoms with Crippen LogP contribution in [0.25, 0.3) is 0 Å². The normalized spacial score (nSPS) is 11.2. The van der Waals surface area contributed by atoms with E-state index in [-0.39, 0.29) is 0 Å². The Bertz CT molecular complexity index is 191. The summed E-state index contributed by atoms with van der Waals surface area (Å²) in [7, 11) is 2.39. The molecule has 0 aliphatic heterocycles. The van der Waals surface area contributed by atoms with Gasteiger partial charge < -0.3 is 9.47 Å². The van der Waals surface area contributed by atoms with Crippen LogP contribution in [0.3, 0.4) is 0 Å². The van der Waals surface area contributed by atoms with Gasteiger partial charge in [0.1, 0.15) is 0 Å². The molecular weight excluding hydrogens is 196 g/mol. The monoisotopic (exact) mass is 208 g/mol. The van der Waals surface area contributed by atoms with E-state index in [4.69, 9.17) is 11.6 Å². The fourth-order valence-corrected chi connectivity index (χ4v) is 1.07. The van der Waals surface area contributed by atoms with Crippen LogP contribution in [0.2, 0.25) is 0 Å². The summed E-state index contributed by atoms with van der Waals surface area (Å²) in [6.45, 7) is 3.10. The first-order valence-corrected chi connectivity index (χ1v) is 4.07. The lowest BCUT2D eigenvalue weighted by atomic mass is 9.95. The summed E-state index contributed by atoms with van der Waals surface area (Å²) in [4.78, 5) is 21.3. The lowest BCUT2D eigenvalue weighted by Gasteiger charge is -2.23. The molecule has 0 aliphatic carbocycles. The number of halogens is 1. The van der Waals surface area contributed by atoms with Gasteiger partial charge in [0.25, 0.3) is 0 Å². The van der Waals surface area contributed by atoms with Gasteiger partial charge >= 0.3 is 11.9 Å². The van der Waals surface area contributed by atoms with Crippen molar-refractivity contribution in [3.63, 3.8) is 0 Å². The second-order valence-electron chi connectivity index (χ2n) is 3.04. The third-order valence-electron chi connectivity index (χ3n) is 1.56. The molecule has 0 bridgehead atoms. The molecule has 0 N–H and O–H groups in total. The maximum absolute atomic E-state index is 11.2. The summed E-state index contributed by atoms with van der Waals surface area (Å²) in [6, 6.07) is 0. The van der Waals surface area contributed by atoms with Gasteiger partial charge in [-0.15, -0.1) is 11.6 Å². The zero-order chi connectivity index (χ0) is 10.6. The van der Waals surface area contributed by atoms with E-state index in [2.05, 4.69) is 9.47 Å². The van der Waals surface area contributed by atoms with Gasteiger partial charge in [0, 0.05) is 0 Å². The molecule has 0 heterocycles. The van der Waals surface area contributed by atoms with Gasteiger partial charge in [0.05, 0.1) is 19.1 Å². The van der Waals surface area contributed by atoms with Crippen LogP contribution in [0, 0.1) is 5.92 Å². The van der Waals surface area contributed by atoms with E-state index in [1.807, 2.05) is 0 Å². The molecule has 0 saturated carbocycles. The molecule has 0 unspecified atom stereocenters. The van der Waals surface area contributed by atoms with E-state index in [1.165, 1.54) is 14.2 Å². The average Bonchev–Trinajstić information content (AvgIpc) is 2.01. The minimum absolute atomic E-state index is 0.688. The highest BCUT2D eigenvalue weighted by atomic mass is 35.5. The topological polar surface area (TPSA) is 52.6 Å². The van der Waals surface area contributed by atoms with Crippen molar-refractivity contribution in [2.45, 2.75) is 18.7 Å². The number of hydrogen-bond acceptors (Lipinski definition) is 4. The number of esters is 2. The van der Waals surface area contributed by atoms with Gasteiger partial charge in [-0.2, -0.15) is 0 Å². The van der Waals surface area contributed by atoms with Gasteiger partial charge in [-0.1, -0.05) is 0 Å². The van der Waals surface area contributed by atoms with Gasteiger partial charge in [0.15, 0.2) is 5.92 Å². The minimum atomic E-state index is -1.09. The number of carbonyl (C=O) groups is 2. The van der Waals surface area contributed by atoms with Crippen LogP contribution in [0.15, 0.2) is 0 Å². The van der Waals surface area contributed by atoms with Gasteiger partial charge in [-0.05, 0) is 13.8 Å². The Morgan fingerprint density at radius 1 is 1.15 bits per heavy atom. The van der Waals surface area contributed by atoms with Crippen molar-refractivity contribution in [1.29, 1.82) is 0 Å². The number of rotatable bonds is 3. The van der Waals surface area contributed by atoms with Gasteiger partial charge in [-0.3, -0.25) is 9.59 Å². The molecule has 0 radical (unpaired) electrons. The fourth-order valence-electron chi connectivity index (χ4n) is 0.892. The summed E-state index contributed by atoms with van der Waals surface area (Å²) in [5, 5.41) is 0. The third kappa shape index (κ3) is 3.22. The SMILES string of the molecule is COC(=O)C(C(=O)OC)C(C)(C)Cl. The molecule has 13 heavy (non-hydrogen) atoms. The Hall–Kier alpha value is -0.770. The van der Waals surface area contributed by atoms with Crippen molar-refractivity contribution >= 4 is 23.5 Å². The predicted molar refractivity (Wildman–Crippen MR) is 47.5 cm³/mol. The molecule has 0 aromatic heterocycles. The Morgan fingerprint density at radius 2 is 1.46 bits per heavy atom. The lowest BCUT2D eigenvalue weighted by Crippen LogP contribution is -2.39. The predicted octanol–water partition coefficient (Wildman–Crippen LogP) is 0.966. The highest BCUT2D eigenvalue weighted by Gasteiger charge is 2.41. The quantitative estimate of drug-likeness (QED) is 0.394. The molecule has 0 spiro atoms. The van der Waals surface area contributed by atoms with Crippen LogP contribution < -0.4 is 0 Å². The first-order valence-electron chi connectivity index (χ1n) is 3.69. The number of ether oxygens (including phenoxy) is 2. The summed E-state index contributed by atoms with van der Waals surface area (Å²) in [5.74, 6) is -2.47. The minimum Gasteiger partial charge on any atom is -0.468 e. The van der Waals surface area contributed by atoms with Crippen molar-refractivity contribution in [1.82, 2.24) is 0 Å². The van der Waals surface area contributed by atoms with E-state index in [0.29, 0.717) is 0 Å². The molecule has 5 heteroatoms. The molecular formula is C8H13ClO4. The molecule has 0 rings (SSSR count). The highest BCUT2D eigenvalue weighted by Crippen LogP contribution is 2.26. The standard InChI is InChI=1S/C8H13ClO4/c1-8(2,9)5(6(10)12-3)7(11)13-4/h5H,1-4H3. The van der Waals surface area contributed by atoms with Crippen LogP contribution in [-0.2, 0) is 19.1 Å². The molecule has 0 atom stereocenters. The van der Waals surface area contributed by atoms with Crippen LogP contribution in [0.5, 0.6) is 0 Å². The fraction of sp³-hybridized carbons (Fsp3) is 0.750. The summed E-state index contributed by atoms with van der Waals surface area (Å²) >= 11 is 5.84. The molecule has 0 aromatic rings. The first-order chi connectivity index (χ1) is 5.84. The van der Waals surface area contributed by atoms with E-state index >= 15 is 0 Å². The van der Waals surface area contributed by atoms with Crippen LogP contribution >= 0.6 is 11.6 Å². The van der Waals surface area contributed by atoms with Gasteiger partial charge in [0.2, 0.25) is 0 Å². The Morgan fingerprint density at radius 3 is 1.62 bits per heavy atom. The van der Waals surface area contributed by atoms with Crippen molar-refractivity contribution in [2.24, 2.45) is 5.92 Å². The zero-order valence-electron chi connectivity index (χ0n) is 8.09. The van der Waals surface area contributed by atoms with Crippen molar-refractivity contribution in [3.05, 3.63) is 0 Å². The number of hydrogen-bond donors (Lipinski definition) is 0. The molecule has 76 valence electrons. The second kappa shape index (κ2) is 4.46. The number of carbonyl (C=O) groups excluding carboxylic acids is 2. The Balaban J connectivity index is 4.76. The summed E-state index contributed by atoms with van der Waals surface area (Å²) < 4.78 is 8.88. The molecule has 0 aliphatic rings. The molecule has 0 fully saturated rings. The second-order valence-corrected chi connectivity index (χ2v) is 4.02. The van der Waals surface area contributed by atoms with Crippen molar-refractivity contribution < 1.29 is 19.1 Å².